The molecule has 0 aliphatic rings. The second-order valence-electron chi connectivity index (χ2n) is 3.12. The minimum absolute atomic E-state index is 0.190. The van der Waals surface area contributed by atoms with Gasteiger partial charge >= 0.3 is 5.97 Å². The van der Waals surface area contributed by atoms with Gasteiger partial charge in [0.1, 0.15) is 25.0 Å². The van der Waals surface area contributed by atoms with E-state index in [0.717, 1.165) is 5.75 Å². The number of nitrogens with two attached hydrogens (primary N) is 1. The maximum atomic E-state index is 11.1. The fraction of sp³-hybridized carbons (Fsp3) is 0.364. The van der Waals surface area contributed by atoms with Crippen LogP contribution >= 0.6 is 12.6 Å². The zero-order valence-corrected chi connectivity index (χ0v) is 9.73. The lowest BCUT2D eigenvalue weighted by molar-refractivity contribution is -0.145. The number of rotatable bonds is 6. The van der Waals surface area contributed by atoms with E-state index in [9.17, 15) is 4.79 Å². The highest BCUT2D eigenvalue weighted by atomic mass is 32.1. The maximum absolute atomic E-state index is 11.1. The van der Waals surface area contributed by atoms with Crippen LogP contribution in [0.4, 0.5) is 0 Å². The monoisotopic (exact) mass is 241 g/mol. The number of thiol groups is 1. The molecular weight excluding hydrogens is 226 g/mol. The van der Waals surface area contributed by atoms with E-state index in [1.165, 1.54) is 0 Å². The highest BCUT2D eigenvalue weighted by Gasteiger charge is 2.12. The lowest BCUT2D eigenvalue weighted by Crippen LogP contribution is -2.34. The molecule has 0 unspecified atom stereocenters. The lowest BCUT2D eigenvalue weighted by atomic mass is 10.3. The number of benzene rings is 1. The third kappa shape index (κ3) is 4.55. The average Bonchev–Trinajstić information content (AvgIpc) is 2.34. The predicted octanol–water partition coefficient (Wildman–Crippen LogP) is 0.866. The van der Waals surface area contributed by atoms with Crippen LogP contribution in [0.2, 0.25) is 0 Å². The highest BCUT2D eigenvalue weighted by molar-refractivity contribution is 7.80. The van der Waals surface area contributed by atoms with Crippen LogP contribution in [0.5, 0.6) is 5.75 Å². The Morgan fingerprint density at radius 2 is 2.00 bits per heavy atom. The molecule has 0 aromatic heterocycles. The Kier molecular flexibility index (Phi) is 5.74. The van der Waals surface area contributed by atoms with Crippen molar-refractivity contribution in [1.29, 1.82) is 0 Å². The summed E-state index contributed by atoms with van der Waals surface area (Å²) in [5, 5.41) is 0. The molecule has 16 heavy (non-hydrogen) atoms. The van der Waals surface area contributed by atoms with E-state index >= 15 is 0 Å². The SMILES string of the molecule is N[C@@H](CS)C(=O)OCCOc1ccccc1. The Morgan fingerprint density at radius 1 is 1.31 bits per heavy atom. The van der Waals surface area contributed by atoms with Crippen LogP contribution in [0.1, 0.15) is 0 Å². The van der Waals surface area contributed by atoms with Gasteiger partial charge in [0.05, 0.1) is 0 Å². The second-order valence-corrected chi connectivity index (χ2v) is 3.48. The van der Waals surface area contributed by atoms with Crippen molar-refractivity contribution in [2.45, 2.75) is 6.04 Å². The lowest BCUT2D eigenvalue weighted by Gasteiger charge is -2.09. The molecule has 1 atom stereocenters. The molecule has 0 fully saturated rings. The van der Waals surface area contributed by atoms with Crippen LogP contribution in [-0.4, -0.2) is 31.0 Å². The standard InChI is InChI=1S/C11H15NO3S/c12-10(8-16)11(13)15-7-6-14-9-4-2-1-3-5-9/h1-5,10,16H,6-8,12H2/t10-/m0/s1. The van der Waals surface area contributed by atoms with Gasteiger partial charge in [0.15, 0.2) is 0 Å². The minimum Gasteiger partial charge on any atom is -0.490 e. The van der Waals surface area contributed by atoms with Gasteiger partial charge in [0.25, 0.3) is 0 Å². The van der Waals surface area contributed by atoms with Crippen LogP contribution in [0.3, 0.4) is 0 Å². The highest BCUT2D eigenvalue weighted by Crippen LogP contribution is 2.07. The first-order valence-corrected chi connectivity index (χ1v) is 5.58. The summed E-state index contributed by atoms with van der Waals surface area (Å²) in [5.41, 5.74) is 5.42. The van der Waals surface area contributed by atoms with E-state index in [1.54, 1.807) is 0 Å². The van der Waals surface area contributed by atoms with Gasteiger partial charge in [-0.25, -0.2) is 0 Å². The molecule has 0 amide bonds. The number of hydrogen-bond donors (Lipinski definition) is 2. The number of carbonyl (C=O) groups excluding carboxylic acids is 1. The van der Waals surface area contributed by atoms with Gasteiger partial charge in [-0.15, -0.1) is 0 Å². The van der Waals surface area contributed by atoms with E-state index in [0.29, 0.717) is 6.61 Å². The van der Waals surface area contributed by atoms with Crippen LogP contribution in [0.15, 0.2) is 30.3 Å². The van der Waals surface area contributed by atoms with E-state index in [4.69, 9.17) is 15.2 Å². The van der Waals surface area contributed by atoms with Crippen molar-refractivity contribution in [3.8, 4) is 5.75 Å². The van der Waals surface area contributed by atoms with Gasteiger partial charge in [-0.2, -0.15) is 12.6 Å². The Morgan fingerprint density at radius 3 is 2.62 bits per heavy atom. The molecule has 0 spiro atoms. The zero-order valence-electron chi connectivity index (χ0n) is 8.83. The Labute approximate surface area is 100 Å². The summed E-state index contributed by atoms with van der Waals surface area (Å²) in [6.07, 6.45) is 0. The summed E-state index contributed by atoms with van der Waals surface area (Å²) >= 11 is 3.90. The molecule has 0 bridgehead atoms. The summed E-state index contributed by atoms with van der Waals surface area (Å²) in [6, 6.07) is 8.65. The van der Waals surface area contributed by atoms with Gasteiger partial charge in [-0.05, 0) is 12.1 Å². The quantitative estimate of drug-likeness (QED) is 0.440. The Bertz CT molecular complexity index is 318. The average molecular weight is 241 g/mol. The Hall–Kier alpha value is -1.20. The molecule has 4 nitrogen and oxygen atoms in total. The predicted molar refractivity (Wildman–Crippen MR) is 64.7 cm³/mol. The summed E-state index contributed by atoms with van der Waals surface area (Å²) in [5.74, 6) is 0.571. The number of para-hydroxylation sites is 1. The third-order valence-corrected chi connectivity index (χ3v) is 2.23. The van der Waals surface area contributed by atoms with Crippen molar-refractivity contribution < 1.29 is 14.3 Å². The van der Waals surface area contributed by atoms with Crippen LogP contribution in [-0.2, 0) is 9.53 Å². The van der Waals surface area contributed by atoms with Crippen molar-refractivity contribution in [2.75, 3.05) is 19.0 Å². The molecule has 0 saturated heterocycles. The number of hydrogen-bond acceptors (Lipinski definition) is 5. The summed E-state index contributed by atoms with van der Waals surface area (Å²) in [7, 11) is 0. The maximum Gasteiger partial charge on any atom is 0.323 e. The smallest absolute Gasteiger partial charge is 0.323 e. The molecule has 1 aromatic rings. The first-order valence-electron chi connectivity index (χ1n) is 4.95. The van der Waals surface area contributed by atoms with Crippen LogP contribution in [0.25, 0.3) is 0 Å². The van der Waals surface area contributed by atoms with Gasteiger partial charge in [0.2, 0.25) is 0 Å². The molecule has 2 N–H and O–H groups in total. The molecule has 0 aliphatic carbocycles. The summed E-state index contributed by atoms with van der Waals surface area (Å²) in [4.78, 5) is 11.1. The fourth-order valence-corrected chi connectivity index (χ4v) is 1.15. The van der Waals surface area contributed by atoms with E-state index < -0.39 is 12.0 Å². The molecule has 0 saturated carbocycles. The summed E-state index contributed by atoms with van der Waals surface area (Å²) in [6.45, 7) is 0.504. The number of ether oxygens (including phenoxy) is 2. The normalized spacial score (nSPS) is 11.9. The van der Waals surface area contributed by atoms with Gasteiger partial charge < -0.3 is 15.2 Å². The van der Waals surface area contributed by atoms with Crippen molar-refractivity contribution >= 4 is 18.6 Å². The molecule has 0 radical (unpaired) electrons. The molecule has 88 valence electrons. The molecule has 0 aliphatic heterocycles. The van der Waals surface area contributed by atoms with Crippen molar-refractivity contribution in [2.24, 2.45) is 5.73 Å². The molecule has 1 aromatic carbocycles. The van der Waals surface area contributed by atoms with E-state index in [2.05, 4.69) is 12.6 Å². The summed E-state index contributed by atoms with van der Waals surface area (Å²) < 4.78 is 10.2. The van der Waals surface area contributed by atoms with E-state index in [-0.39, 0.29) is 12.4 Å². The Balaban J connectivity index is 2.15. The molecular formula is C11H15NO3S. The van der Waals surface area contributed by atoms with Crippen molar-refractivity contribution in [1.82, 2.24) is 0 Å². The van der Waals surface area contributed by atoms with Crippen LogP contribution in [0, 0.1) is 0 Å². The first kappa shape index (κ1) is 12.9. The molecule has 0 heterocycles. The topological polar surface area (TPSA) is 61.6 Å². The first-order chi connectivity index (χ1) is 7.74. The fourth-order valence-electron chi connectivity index (χ4n) is 1.00. The van der Waals surface area contributed by atoms with Gasteiger partial charge in [0, 0.05) is 5.75 Å². The largest absolute Gasteiger partial charge is 0.490 e. The molecule has 1 rings (SSSR count). The number of esters is 1. The van der Waals surface area contributed by atoms with Crippen molar-refractivity contribution in [3.63, 3.8) is 0 Å². The van der Waals surface area contributed by atoms with Crippen LogP contribution < -0.4 is 10.5 Å². The number of carbonyl (C=O) groups is 1. The zero-order chi connectivity index (χ0) is 11.8. The van der Waals surface area contributed by atoms with E-state index in [1.807, 2.05) is 30.3 Å². The second kappa shape index (κ2) is 7.14. The van der Waals surface area contributed by atoms with Gasteiger partial charge in [-0.3, -0.25) is 4.79 Å². The third-order valence-electron chi connectivity index (χ3n) is 1.84. The molecule has 5 heteroatoms. The van der Waals surface area contributed by atoms with Crippen molar-refractivity contribution in [3.05, 3.63) is 30.3 Å². The van der Waals surface area contributed by atoms with Gasteiger partial charge in [-0.1, -0.05) is 18.2 Å². The minimum atomic E-state index is -0.667.